The highest BCUT2D eigenvalue weighted by Gasteiger charge is 2.22. The van der Waals surface area contributed by atoms with Crippen LogP contribution in [-0.2, 0) is 9.84 Å². The largest absolute Gasteiger partial charge is 0.219 e. The quantitative estimate of drug-likeness (QED) is 0.830. The fourth-order valence-corrected chi connectivity index (χ4v) is 3.43. The summed E-state index contributed by atoms with van der Waals surface area (Å²) < 4.78 is 24.8. The summed E-state index contributed by atoms with van der Waals surface area (Å²) in [5, 5.41) is 0. The molecule has 0 aromatic heterocycles. The van der Waals surface area contributed by atoms with E-state index in [2.05, 4.69) is 6.58 Å². The van der Waals surface area contributed by atoms with Gasteiger partial charge in [-0.1, -0.05) is 30.4 Å². The highest BCUT2D eigenvalue weighted by molar-refractivity contribution is 7.95. The van der Waals surface area contributed by atoms with E-state index in [1.807, 2.05) is 25.1 Å². The fraction of sp³-hybridized carbons (Fsp3) is 0.333. The molecule has 0 unspecified atom stereocenters. The Morgan fingerprint density at radius 1 is 1.17 bits per heavy atom. The summed E-state index contributed by atoms with van der Waals surface area (Å²) in [6.45, 7) is 5.73. The zero-order valence-corrected chi connectivity index (χ0v) is 11.5. The van der Waals surface area contributed by atoms with Crippen LogP contribution in [0.5, 0.6) is 0 Å². The third-order valence-corrected chi connectivity index (χ3v) is 5.11. The monoisotopic (exact) mass is 262 g/mol. The minimum atomic E-state index is -3.42. The molecular formula is C15H18O2S. The highest BCUT2D eigenvalue weighted by Crippen LogP contribution is 2.30. The number of hydrogen-bond donors (Lipinski definition) is 0. The molecule has 0 amide bonds. The molecule has 1 aromatic rings. The molecule has 0 heterocycles. The van der Waals surface area contributed by atoms with Gasteiger partial charge in [0, 0.05) is 0 Å². The van der Waals surface area contributed by atoms with Crippen molar-refractivity contribution in [3.63, 3.8) is 0 Å². The van der Waals surface area contributed by atoms with Crippen LogP contribution in [0.4, 0.5) is 0 Å². The van der Waals surface area contributed by atoms with Crippen molar-refractivity contribution in [1.29, 1.82) is 0 Å². The molecule has 0 saturated carbocycles. The van der Waals surface area contributed by atoms with Crippen LogP contribution in [0.2, 0.25) is 0 Å². The van der Waals surface area contributed by atoms with Gasteiger partial charge in [0.2, 0.25) is 9.84 Å². The van der Waals surface area contributed by atoms with Gasteiger partial charge in [-0.3, -0.25) is 0 Å². The number of hydrogen-bond acceptors (Lipinski definition) is 2. The van der Waals surface area contributed by atoms with Crippen LogP contribution in [-0.4, -0.2) is 8.42 Å². The first kappa shape index (κ1) is 13.1. The Kier molecular flexibility index (Phi) is 3.71. The molecule has 0 radical (unpaired) electrons. The van der Waals surface area contributed by atoms with Crippen molar-refractivity contribution >= 4 is 9.84 Å². The van der Waals surface area contributed by atoms with Gasteiger partial charge in [-0.15, -0.1) is 0 Å². The van der Waals surface area contributed by atoms with Crippen LogP contribution in [0, 0.1) is 6.92 Å². The molecule has 0 bridgehead atoms. The molecule has 1 aromatic carbocycles. The molecule has 1 aliphatic rings. The summed E-state index contributed by atoms with van der Waals surface area (Å²) in [7, 11) is -3.42. The van der Waals surface area contributed by atoms with Crippen LogP contribution < -0.4 is 0 Å². The van der Waals surface area contributed by atoms with Crippen molar-refractivity contribution in [3.8, 4) is 0 Å². The van der Waals surface area contributed by atoms with E-state index < -0.39 is 9.84 Å². The number of sulfone groups is 1. The molecule has 0 N–H and O–H groups in total. The summed E-state index contributed by atoms with van der Waals surface area (Å²) in [6, 6.07) is 6.93. The average Bonchev–Trinajstić information content (AvgIpc) is 2.39. The molecule has 2 nitrogen and oxygen atoms in total. The Balaban J connectivity index is 2.33. The van der Waals surface area contributed by atoms with Gasteiger partial charge < -0.3 is 0 Å². The first-order chi connectivity index (χ1) is 8.51. The molecule has 0 atom stereocenters. The van der Waals surface area contributed by atoms with E-state index >= 15 is 0 Å². The van der Waals surface area contributed by atoms with Crippen molar-refractivity contribution in [2.45, 2.75) is 37.5 Å². The van der Waals surface area contributed by atoms with Gasteiger partial charge in [-0.25, -0.2) is 8.42 Å². The van der Waals surface area contributed by atoms with Crippen LogP contribution in [0.3, 0.4) is 0 Å². The molecule has 1 aliphatic carbocycles. The number of aryl methyl sites for hydroxylation is 1. The topological polar surface area (TPSA) is 34.1 Å². The van der Waals surface area contributed by atoms with Gasteiger partial charge in [-0.2, -0.15) is 0 Å². The lowest BCUT2D eigenvalue weighted by molar-refractivity contribution is 0.601. The Labute approximate surface area is 109 Å². The SMILES string of the molecule is C=C(C1=CCCCC1)S(=O)(=O)c1ccc(C)cc1. The van der Waals surface area contributed by atoms with Crippen LogP contribution in [0.25, 0.3) is 0 Å². The molecule has 0 aliphatic heterocycles. The first-order valence-electron chi connectivity index (χ1n) is 6.22. The van der Waals surface area contributed by atoms with Gasteiger partial charge in [0.1, 0.15) is 0 Å². The third kappa shape index (κ3) is 2.56. The van der Waals surface area contributed by atoms with E-state index in [1.165, 1.54) is 0 Å². The summed E-state index contributed by atoms with van der Waals surface area (Å²) in [6.07, 6.45) is 5.98. The van der Waals surface area contributed by atoms with Gasteiger partial charge in [0.15, 0.2) is 0 Å². The minimum Gasteiger partial charge on any atom is -0.219 e. The van der Waals surface area contributed by atoms with E-state index in [0.29, 0.717) is 4.90 Å². The second kappa shape index (κ2) is 5.11. The number of rotatable bonds is 3. The van der Waals surface area contributed by atoms with Crippen molar-refractivity contribution < 1.29 is 8.42 Å². The lowest BCUT2D eigenvalue weighted by atomic mass is 10.00. The molecule has 0 fully saturated rings. The minimum absolute atomic E-state index is 0.269. The second-order valence-electron chi connectivity index (χ2n) is 4.71. The van der Waals surface area contributed by atoms with E-state index in [0.717, 1.165) is 36.8 Å². The van der Waals surface area contributed by atoms with Gasteiger partial charge in [-0.05, 0) is 50.3 Å². The second-order valence-corrected chi connectivity index (χ2v) is 6.69. The summed E-state index contributed by atoms with van der Waals surface area (Å²) in [4.78, 5) is 0.607. The third-order valence-electron chi connectivity index (χ3n) is 3.30. The van der Waals surface area contributed by atoms with Gasteiger partial charge in [0.05, 0.1) is 9.80 Å². The van der Waals surface area contributed by atoms with Crippen LogP contribution >= 0.6 is 0 Å². The normalized spacial score (nSPS) is 16.2. The van der Waals surface area contributed by atoms with Crippen LogP contribution in [0.15, 0.2) is 52.3 Å². The maximum Gasteiger partial charge on any atom is 0.206 e. The standard InChI is InChI=1S/C15H18O2S/c1-12-8-10-15(11-9-12)18(16,17)13(2)14-6-4-3-5-7-14/h6,8-11H,2-5,7H2,1H3. The predicted molar refractivity (Wildman–Crippen MR) is 74.1 cm³/mol. The molecule has 0 spiro atoms. The molecule has 2 rings (SSSR count). The maximum atomic E-state index is 12.4. The Bertz CT molecular complexity index is 577. The summed E-state index contributed by atoms with van der Waals surface area (Å²) in [5.41, 5.74) is 1.94. The molecule has 3 heteroatoms. The maximum absolute atomic E-state index is 12.4. The van der Waals surface area contributed by atoms with Gasteiger partial charge in [0.25, 0.3) is 0 Å². The Hall–Kier alpha value is -1.35. The van der Waals surface area contributed by atoms with Crippen molar-refractivity contribution in [3.05, 3.63) is 53.0 Å². The van der Waals surface area contributed by atoms with Crippen LogP contribution in [0.1, 0.15) is 31.2 Å². The van der Waals surface area contributed by atoms with E-state index in [-0.39, 0.29) is 4.91 Å². The summed E-state index contributed by atoms with van der Waals surface area (Å²) in [5.74, 6) is 0. The number of allylic oxidation sites excluding steroid dienone is 2. The molecule has 96 valence electrons. The average molecular weight is 262 g/mol. The van der Waals surface area contributed by atoms with Gasteiger partial charge >= 0.3 is 0 Å². The number of benzene rings is 1. The summed E-state index contributed by atoms with van der Waals surface area (Å²) >= 11 is 0. The highest BCUT2D eigenvalue weighted by atomic mass is 32.2. The predicted octanol–water partition coefficient (Wildman–Crippen LogP) is 3.78. The zero-order valence-electron chi connectivity index (χ0n) is 10.6. The van der Waals surface area contributed by atoms with E-state index in [1.54, 1.807) is 12.1 Å². The lowest BCUT2D eigenvalue weighted by Gasteiger charge is -2.15. The lowest BCUT2D eigenvalue weighted by Crippen LogP contribution is -2.08. The fourth-order valence-electron chi connectivity index (χ4n) is 2.12. The Morgan fingerprint density at radius 2 is 1.83 bits per heavy atom. The molecule has 18 heavy (non-hydrogen) atoms. The zero-order chi connectivity index (χ0) is 13.2. The van der Waals surface area contributed by atoms with E-state index in [4.69, 9.17) is 0 Å². The smallest absolute Gasteiger partial charge is 0.206 e. The van der Waals surface area contributed by atoms with E-state index in [9.17, 15) is 8.42 Å². The molecular weight excluding hydrogens is 244 g/mol. The van der Waals surface area contributed by atoms with Crippen molar-refractivity contribution in [2.75, 3.05) is 0 Å². The van der Waals surface area contributed by atoms with Crippen molar-refractivity contribution in [2.24, 2.45) is 0 Å². The molecule has 0 saturated heterocycles. The van der Waals surface area contributed by atoms with Crippen molar-refractivity contribution in [1.82, 2.24) is 0 Å². The first-order valence-corrected chi connectivity index (χ1v) is 7.70. The Morgan fingerprint density at radius 3 is 2.39 bits per heavy atom.